The van der Waals surface area contributed by atoms with Gasteiger partial charge in [0.1, 0.15) is 5.69 Å². The van der Waals surface area contributed by atoms with Crippen LogP contribution in [0.3, 0.4) is 0 Å². The highest BCUT2D eigenvalue weighted by Gasteiger charge is 2.11. The van der Waals surface area contributed by atoms with Crippen molar-refractivity contribution in [2.45, 2.75) is 25.7 Å². The Labute approximate surface area is 148 Å². The van der Waals surface area contributed by atoms with Gasteiger partial charge in [0.2, 0.25) is 5.88 Å². The number of amides is 2. The number of nitrogens with one attached hydrogen (secondary N) is 2. The molecule has 25 heavy (non-hydrogen) atoms. The van der Waals surface area contributed by atoms with Gasteiger partial charge in [0.15, 0.2) is 0 Å². The number of carbonyl (C=O) groups is 1. The van der Waals surface area contributed by atoms with Crippen LogP contribution in [0.1, 0.15) is 25.7 Å². The summed E-state index contributed by atoms with van der Waals surface area (Å²) in [6, 6.07) is 11.1. The number of anilines is 3. The van der Waals surface area contributed by atoms with Crippen molar-refractivity contribution in [3.05, 3.63) is 42.6 Å². The van der Waals surface area contributed by atoms with Crippen molar-refractivity contribution >= 4 is 23.1 Å². The van der Waals surface area contributed by atoms with Gasteiger partial charge in [-0.05, 0) is 49.2 Å². The standard InChI is InChI=1S/C19H24N4O2/c1-25-18-17(7-6-12-20-18)22-19(24)21-15-8-10-16(11-9-15)23-13-4-2-3-5-14-23/h6-12H,2-5,13-14H2,1H3,(H2,21,22,24). The van der Waals surface area contributed by atoms with Crippen LogP contribution in [0.2, 0.25) is 0 Å². The number of rotatable bonds is 4. The van der Waals surface area contributed by atoms with Crippen molar-refractivity contribution in [3.63, 3.8) is 0 Å². The van der Waals surface area contributed by atoms with Gasteiger partial charge in [-0.1, -0.05) is 12.8 Å². The predicted octanol–water partition coefficient (Wildman–Crippen LogP) is 4.11. The smallest absolute Gasteiger partial charge is 0.323 e. The van der Waals surface area contributed by atoms with Crippen molar-refractivity contribution in [3.8, 4) is 5.88 Å². The first-order valence-electron chi connectivity index (χ1n) is 8.68. The summed E-state index contributed by atoms with van der Waals surface area (Å²) < 4.78 is 5.13. The molecule has 0 unspecified atom stereocenters. The van der Waals surface area contributed by atoms with Crippen LogP contribution in [0.5, 0.6) is 5.88 Å². The molecular formula is C19H24N4O2. The molecule has 1 fully saturated rings. The van der Waals surface area contributed by atoms with E-state index in [0.29, 0.717) is 11.6 Å². The van der Waals surface area contributed by atoms with Crippen molar-refractivity contribution in [2.24, 2.45) is 0 Å². The highest BCUT2D eigenvalue weighted by molar-refractivity contribution is 6.00. The van der Waals surface area contributed by atoms with E-state index in [1.54, 1.807) is 18.3 Å². The van der Waals surface area contributed by atoms with Crippen LogP contribution in [-0.4, -0.2) is 31.2 Å². The second-order valence-electron chi connectivity index (χ2n) is 6.09. The molecule has 2 amide bonds. The van der Waals surface area contributed by atoms with Gasteiger partial charge >= 0.3 is 6.03 Å². The fourth-order valence-corrected chi connectivity index (χ4v) is 3.02. The Bertz CT molecular complexity index is 695. The van der Waals surface area contributed by atoms with E-state index in [2.05, 4.69) is 32.7 Å². The first-order chi connectivity index (χ1) is 12.3. The average Bonchev–Trinajstić information content (AvgIpc) is 2.92. The van der Waals surface area contributed by atoms with Gasteiger partial charge in [0.25, 0.3) is 0 Å². The number of benzene rings is 1. The van der Waals surface area contributed by atoms with E-state index in [9.17, 15) is 4.79 Å². The van der Waals surface area contributed by atoms with Crippen LogP contribution in [0, 0.1) is 0 Å². The minimum absolute atomic E-state index is 0.325. The van der Waals surface area contributed by atoms with Gasteiger partial charge in [-0.3, -0.25) is 0 Å². The van der Waals surface area contributed by atoms with Crippen LogP contribution < -0.4 is 20.3 Å². The minimum atomic E-state index is -0.325. The number of methoxy groups -OCH3 is 1. The molecule has 0 bridgehead atoms. The maximum atomic E-state index is 12.2. The summed E-state index contributed by atoms with van der Waals surface area (Å²) in [6.45, 7) is 2.21. The molecular weight excluding hydrogens is 316 g/mol. The molecule has 2 N–H and O–H groups in total. The molecule has 1 saturated heterocycles. The van der Waals surface area contributed by atoms with Crippen molar-refractivity contribution in [2.75, 3.05) is 35.7 Å². The molecule has 3 rings (SSSR count). The number of aromatic nitrogens is 1. The molecule has 0 saturated carbocycles. The summed E-state index contributed by atoms with van der Waals surface area (Å²) in [4.78, 5) is 18.6. The molecule has 132 valence electrons. The van der Waals surface area contributed by atoms with Gasteiger partial charge in [0, 0.05) is 30.7 Å². The predicted molar refractivity (Wildman–Crippen MR) is 101 cm³/mol. The summed E-state index contributed by atoms with van der Waals surface area (Å²) in [5.74, 6) is 0.383. The van der Waals surface area contributed by atoms with E-state index >= 15 is 0 Å². The summed E-state index contributed by atoms with van der Waals surface area (Å²) in [6.07, 6.45) is 6.73. The van der Waals surface area contributed by atoms with Gasteiger partial charge in [-0.25, -0.2) is 9.78 Å². The molecule has 1 aliphatic heterocycles. The summed E-state index contributed by atoms with van der Waals surface area (Å²) in [5, 5.41) is 5.58. The summed E-state index contributed by atoms with van der Waals surface area (Å²) >= 11 is 0. The number of hydrogen-bond donors (Lipinski definition) is 2. The highest BCUT2D eigenvalue weighted by Crippen LogP contribution is 2.23. The molecule has 2 aromatic rings. The Balaban J connectivity index is 1.60. The second kappa shape index (κ2) is 8.37. The zero-order valence-corrected chi connectivity index (χ0v) is 14.5. The van der Waals surface area contributed by atoms with Crippen LogP contribution >= 0.6 is 0 Å². The molecule has 1 aromatic carbocycles. The molecule has 1 aromatic heterocycles. The fraction of sp³-hybridized carbons (Fsp3) is 0.368. The first-order valence-corrected chi connectivity index (χ1v) is 8.68. The number of nitrogens with zero attached hydrogens (tertiary/aromatic N) is 2. The topological polar surface area (TPSA) is 66.5 Å². The van der Waals surface area contributed by atoms with Crippen molar-refractivity contribution in [1.29, 1.82) is 0 Å². The lowest BCUT2D eigenvalue weighted by molar-refractivity contribution is 0.262. The highest BCUT2D eigenvalue weighted by atomic mass is 16.5. The van der Waals surface area contributed by atoms with E-state index in [1.165, 1.54) is 38.5 Å². The third kappa shape index (κ3) is 4.62. The maximum Gasteiger partial charge on any atom is 0.323 e. The Hall–Kier alpha value is -2.76. The van der Waals surface area contributed by atoms with Crippen molar-refractivity contribution in [1.82, 2.24) is 4.98 Å². The number of urea groups is 1. The van der Waals surface area contributed by atoms with Gasteiger partial charge in [0.05, 0.1) is 7.11 Å². The third-order valence-corrected chi connectivity index (χ3v) is 4.31. The quantitative estimate of drug-likeness (QED) is 0.879. The zero-order valence-electron chi connectivity index (χ0n) is 14.5. The van der Waals surface area contributed by atoms with Gasteiger partial charge < -0.3 is 20.3 Å². The monoisotopic (exact) mass is 340 g/mol. The molecule has 0 aliphatic carbocycles. The fourth-order valence-electron chi connectivity index (χ4n) is 3.02. The molecule has 0 radical (unpaired) electrons. The Morgan fingerprint density at radius 2 is 1.76 bits per heavy atom. The number of pyridine rings is 1. The third-order valence-electron chi connectivity index (χ3n) is 4.31. The lowest BCUT2D eigenvalue weighted by Gasteiger charge is -2.22. The molecule has 6 heteroatoms. The molecule has 2 heterocycles. The van der Waals surface area contributed by atoms with E-state index in [1.807, 2.05) is 12.1 Å². The lowest BCUT2D eigenvalue weighted by atomic mass is 10.2. The second-order valence-corrected chi connectivity index (χ2v) is 6.09. The Kier molecular flexibility index (Phi) is 5.72. The van der Waals surface area contributed by atoms with Crippen LogP contribution in [-0.2, 0) is 0 Å². The maximum absolute atomic E-state index is 12.2. The molecule has 6 nitrogen and oxygen atoms in total. The number of hydrogen-bond acceptors (Lipinski definition) is 4. The summed E-state index contributed by atoms with van der Waals surface area (Å²) in [5.41, 5.74) is 2.49. The van der Waals surface area contributed by atoms with Gasteiger partial charge in [-0.2, -0.15) is 0 Å². The molecule has 1 aliphatic rings. The largest absolute Gasteiger partial charge is 0.480 e. The van der Waals surface area contributed by atoms with E-state index in [0.717, 1.165) is 18.8 Å². The van der Waals surface area contributed by atoms with Crippen molar-refractivity contribution < 1.29 is 9.53 Å². The molecule has 0 spiro atoms. The van der Waals surface area contributed by atoms with Gasteiger partial charge in [-0.15, -0.1) is 0 Å². The average molecular weight is 340 g/mol. The summed E-state index contributed by atoms with van der Waals surface area (Å²) in [7, 11) is 1.52. The minimum Gasteiger partial charge on any atom is -0.480 e. The molecule has 0 atom stereocenters. The number of carbonyl (C=O) groups excluding carboxylic acids is 1. The zero-order chi connectivity index (χ0) is 17.5. The van der Waals surface area contributed by atoms with E-state index in [4.69, 9.17) is 4.74 Å². The van der Waals surface area contributed by atoms with Crippen LogP contribution in [0.4, 0.5) is 21.9 Å². The van der Waals surface area contributed by atoms with Crippen LogP contribution in [0.25, 0.3) is 0 Å². The Morgan fingerprint density at radius 1 is 1.04 bits per heavy atom. The number of ether oxygens (including phenoxy) is 1. The van der Waals surface area contributed by atoms with Crippen LogP contribution in [0.15, 0.2) is 42.6 Å². The van der Waals surface area contributed by atoms with E-state index in [-0.39, 0.29) is 6.03 Å². The first kappa shape index (κ1) is 17.1. The Morgan fingerprint density at radius 3 is 2.44 bits per heavy atom. The lowest BCUT2D eigenvalue weighted by Crippen LogP contribution is -2.24. The van der Waals surface area contributed by atoms with E-state index < -0.39 is 0 Å². The SMILES string of the molecule is COc1ncccc1NC(=O)Nc1ccc(N2CCCCCC2)cc1. The normalized spacial score (nSPS) is 14.5.